The number of carboxylic acid groups (broad SMARTS) is 1. The molecular weight excluding hydrogens is 549 g/mol. The van der Waals surface area contributed by atoms with Gasteiger partial charge < -0.3 is 25.2 Å². The number of β-amino-alcohol motifs (C(OH)–C–C–N with tert-alkyl or cyclic N) is 1. The number of alkyl halides is 3. The average molecular weight is 581 g/mol. The van der Waals surface area contributed by atoms with Crippen LogP contribution in [-0.2, 0) is 15.8 Å². The normalized spacial score (nSPS) is 16.5. The SMILES string of the molecule is Cc1nc2ccc(OC[C@H](O)CN3CCN(CCC(=O)N[C@H](C(=O)O)c4ccc(C(F)(F)F)cc4)CC3)cc2s1. The first kappa shape index (κ1) is 29.7. The summed E-state index contributed by atoms with van der Waals surface area (Å²) in [5, 5.41) is 23.3. The first-order valence-electron chi connectivity index (χ1n) is 12.8. The quantitative estimate of drug-likeness (QED) is 0.317. The smallest absolute Gasteiger partial charge is 0.416 e. The lowest BCUT2D eigenvalue weighted by molar-refractivity contribution is -0.142. The van der Waals surface area contributed by atoms with Gasteiger partial charge in [0.15, 0.2) is 6.04 Å². The number of piperazine rings is 1. The average Bonchev–Trinajstić information content (AvgIpc) is 3.29. The predicted octanol–water partition coefficient (Wildman–Crippen LogP) is 3.31. The Bertz CT molecular complexity index is 1310. The van der Waals surface area contributed by atoms with Crippen molar-refractivity contribution in [1.29, 1.82) is 0 Å². The molecular formula is C27H31F3N4O5S. The fraction of sp³-hybridized carbons (Fsp3) is 0.444. The molecule has 0 bridgehead atoms. The van der Waals surface area contributed by atoms with E-state index in [4.69, 9.17) is 4.74 Å². The highest BCUT2D eigenvalue weighted by Gasteiger charge is 2.31. The highest BCUT2D eigenvalue weighted by molar-refractivity contribution is 7.18. The molecule has 1 aliphatic rings. The van der Waals surface area contributed by atoms with Crippen molar-refractivity contribution in [3.63, 3.8) is 0 Å². The van der Waals surface area contributed by atoms with Crippen LogP contribution in [0.15, 0.2) is 42.5 Å². The van der Waals surface area contributed by atoms with Crippen LogP contribution in [0, 0.1) is 6.92 Å². The summed E-state index contributed by atoms with van der Waals surface area (Å²) in [6.45, 7) is 5.68. The second-order valence-corrected chi connectivity index (χ2v) is 10.9. The van der Waals surface area contributed by atoms with Crippen LogP contribution in [0.2, 0.25) is 0 Å². The number of thiazole rings is 1. The van der Waals surface area contributed by atoms with Crippen molar-refractivity contribution < 1.29 is 37.7 Å². The highest BCUT2D eigenvalue weighted by atomic mass is 32.1. The third-order valence-electron chi connectivity index (χ3n) is 6.62. The predicted molar refractivity (Wildman–Crippen MR) is 143 cm³/mol. The Morgan fingerprint density at radius 3 is 2.42 bits per heavy atom. The number of aromatic nitrogens is 1. The highest BCUT2D eigenvalue weighted by Crippen LogP contribution is 2.30. The summed E-state index contributed by atoms with van der Waals surface area (Å²) in [6, 6.07) is 7.92. The number of rotatable bonds is 11. The summed E-state index contributed by atoms with van der Waals surface area (Å²) in [6.07, 6.45) is -5.16. The van der Waals surface area contributed by atoms with Gasteiger partial charge in [-0.2, -0.15) is 13.2 Å². The van der Waals surface area contributed by atoms with Gasteiger partial charge in [-0.3, -0.25) is 9.69 Å². The minimum atomic E-state index is -4.53. The van der Waals surface area contributed by atoms with E-state index in [1.165, 1.54) is 0 Å². The molecule has 1 aliphatic heterocycles. The maximum Gasteiger partial charge on any atom is 0.416 e. The zero-order valence-corrected chi connectivity index (χ0v) is 22.7. The summed E-state index contributed by atoms with van der Waals surface area (Å²) in [5.74, 6) is -1.18. The summed E-state index contributed by atoms with van der Waals surface area (Å²) >= 11 is 1.59. The first-order valence-corrected chi connectivity index (χ1v) is 13.6. The van der Waals surface area contributed by atoms with Gasteiger partial charge in [0.2, 0.25) is 5.91 Å². The molecule has 0 unspecified atom stereocenters. The van der Waals surface area contributed by atoms with Crippen molar-refractivity contribution in [1.82, 2.24) is 20.1 Å². The van der Waals surface area contributed by atoms with E-state index >= 15 is 0 Å². The van der Waals surface area contributed by atoms with Crippen LogP contribution in [0.25, 0.3) is 10.2 Å². The molecule has 0 spiro atoms. The van der Waals surface area contributed by atoms with E-state index in [1.54, 1.807) is 11.3 Å². The number of ether oxygens (including phenoxy) is 1. The zero-order chi connectivity index (χ0) is 28.9. The maximum atomic E-state index is 12.8. The van der Waals surface area contributed by atoms with Gasteiger partial charge in [-0.15, -0.1) is 11.3 Å². The van der Waals surface area contributed by atoms with Crippen molar-refractivity contribution in [2.45, 2.75) is 31.7 Å². The molecule has 2 heterocycles. The number of hydrogen-bond donors (Lipinski definition) is 3. The molecule has 0 aliphatic carbocycles. The van der Waals surface area contributed by atoms with Gasteiger partial charge >= 0.3 is 12.1 Å². The number of aliphatic carboxylic acids is 1. The number of benzene rings is 2. The minimum absolute atomic E-state index is 0.0461. The number of amides is 1. The Morgan fingerprint density at radius 2 is 1.77 bits per heavy atom. The molecule has 4 rings (SSSR count). The lowest BCUT2D eigenvalue weighted by Crippen LogP contribution is -2.49. The lowest BCUT2D eigenvalue weighted by Gasteiger charge is -2.35. The number of nitrogens with zero attached hydrogens (tertiary/aromatic N) is 3. The van der Waals surface area contributed by atoms with Crippen molar-refractivity contribution in [3.8, 4) is 5.75 Å². The maximum absolute atomic E-state index is 12.8. The summed E-state index contributed by atoms with van der Waals surface area (Å²) in [4.78, 5) is 32.7. The Labute approximate surface area is 233 Å². The number of fused-ring (bicyclic) bond motifs is 1. The molecule has 1 fully saturated rings. The van der Waals surface area contributed by atoms with Gasteiger partial charge in [-0.1, -0.05) is 12.1 Å². The molecule has 9 nitrogen and oxygen atoms in total. The first-order chi connectivity index (χ1) is 19.0. The summed E-state index contributed by atoms with van der Waals surface area (Å²) < 4.78 is 45.2. The number of carbonyl (C=O) groups is 2. The number of carboxylic acids is 1. The molecule has 1 saturated heterocycles. The van der Waals surface area contributed by atoms with Gasteiger partial charge in [0.1, 0.15) is 18.5 Å². The number of aliphatic hydroxyl groups excluding tert-OH is 1. The minimum Gasteiger partial charge on any atom is -0.491 e. The third-order valence-corrected chi connectivity index (χ3v) is 7.56. The number of aliphatic hydroxyl groups is 1. The number of aryl methyl sites for hydroxylation is 1. The zero-order valence-electron chi connectivity index (χ0n) is 21.9. The van der Waals surface area contributed by atoms with Crippen LogP contribution in [-0.4, -0.2) is 88.9 Å². The number of hydrogen-bond acceptors (Lipinski definition) is 8. The van der Waals surface area contributed by atoms with Gasteiger partial charge in [0, 0.05) is 45.7 Å². The standard InChI is InChI=1S/C27H31F3N4O5S/c1-17-31-22-7-6-21(14-23(22)40-17)39-16-20(35)15-34-12-10-33(11-13-34)9-8-24(36)32-25(26(37)38)18-2-4-19(5-3-18)27(28,29)30/h2-7,14,20,25,35H,8-13,15-16H2,1H3,(H,32,36)(H,37,38)/t20-,25+/m1/s1. The van der Waals surface area contributed by atoms with Crippen molar-refractivity contribution in [2.24, 2.45) is 0 Å². The molecule has 1 aromatic heterocycles. The fourth-order valence-electron chi connectivity index (χ4n) is 4.49. The molecule has 3 N–H and O–H groups in total. The van der Waals surface area contributed by atoms with Crippen molar-refractivity contribution >= 4 is 33.4 Å². The van der Waals surface area contributed by atoms with Crippen LogP contribution < -0.4 is 10.1 Å². The van der Waals surface area contributed by atoms with E-state index in [2.05, 4.69) is 20.1 Å². The molecule has 1 amide bonds. The molecule has 0 radical (unpaired) electrons. The van der Waals surface area contributed by atoms with E-state index in [1.807, 2.05) is 25.1 Å². The molecule has 40 heavy (non-hydrogen) atoms. The van der Waals surface area contributed by atoms with E-state index in [-0.39, 0.29) is 18.6 Å². The van der Waals surface area contributed by atoms with Crippen molar-refractivity contribution in [3.05, 3.63) is 58.6 Å². The van der Waals surface area contributed by atoms with Gasteiger partial charge in [0.05, 0.1) is 20.8 Å². The van der Waals surface area contributed by atoms with Crippen LogP contribution in [0.5, 0.6) is 5.75 Å². The Kier molecular flexibility index (Phi) is 9.61. The van der Waals surface area contributed by atoms with Crippen LogP contribution in [0.1, 0.15) is 28.6 Å². The third kappa shape index (κ3) is 8.13. The Balaban J connectivity index is 1.16. The Hall–Kier alpha value is -3.26. The second-order valence-electron chi connectivity index (χ2n) is 9.68. The largest absolute Gasteiger partial charge is 0.491 e. The molecule has 216 valence electrons. The number of halogens is 3. The van der Waals surface area contributed by atoms with E-state index in [9.17, 15) is 33.0 Å². The molecule has 13 heteroatoms. The van der Waals surface area contributed by atoms with Crippen LogP contribution in [0.4, 0.5) is 13.2 Å². The lowest BCUT2D eigenvalue weighted by atomic mass is 10.0. The summed E-state index contributed by atoms with van der Waals surface area (Å²) in [7, 11) is 0. The van der Waals surface area contributed by atoms with Gasteiger partial charge in [-0.25, -0.2) is 9.78 Å². The second kappa shape index (κ2) is 12.9. The van der Waals surface area contributed by atoms with Crippen LogP contribution >= 0.6 is 11.3 Å². The van der Waals surface area contributed by atoms with Gasteiger partial charge in [0.25, 0.3) is 0 Å². The van der Waals surface area contributed by atoms with Crippen molar-refractivity contribution in [2.75, 3.05) is 45.9 Å². The molecule has 2 atom stereocenters. The van der Waals surface area contributed by atoms with Crippen LogP contribution in [0.3, 0.4) is 0 Å². The summed E-state index contributed by atoms with van der Waals surface area (Å²) in [5.41, 5.74) is 0.0885. The monoisotopic (exact) mass is 580 g/mol. The number of carbonyl (C=O) groups excluding carboxylic acids is 1. The van der Waals surface area contributed by atoms with Gasteiger partial charge in [-0.05, 0) is 42.8 Å². The Morgan fingerprint density at radius 1 is 1.10 bits per heavy atom. The topological polar surface area (TPSA) is 115 Å². The number of nitrogens with one attached hydrogen (secondary N) is 1. The molecule has 3 aromatic rings. The fourth-order valence-corrected chi connectivity index (χ4v) is 5.35. The van der Waals surface area contributed by atoms with E-state index in [0.717, 1.165) is 39.5 Å². The molecule has 2 aromatic carbocycles. The van der Waals surface area contributed by atoms with E-state index in [0.29, 0.717) is 45.0 Å². The van der Waals surface area contributed by atoms with E-state index < -0.39 is 35.8 Å². The molecule has 0 saturated carbocycles.